The van der Waals surface area contributed by atoms with Crippen molar-refractivity contribution in [3.63, 3.8) is 0 Å². The Bertz CT molecular complexity index is 1300. The minimum absolute atomic E-state index is 0.239. The van der Waals surface area contributed by atoms with Gasteiger partial charge in [0.15, 0.2) is 5.65 Å². The average molecular weight is 525 g/mol. The molecule has 0 saturated heterocycles. The Morgan fingerprint density at radius 3 is 2.90 bits per heavy atom. The van der Waals surface area contributed by atoms with Crippen LogP contribution in [0.5, 0.6) is 0 Å². The molecule has 4 aromatic rings. The first kappa shape index (κ1) is 20.8. The van der Waals surface area contributed by atoms with Gasteiger partial charge in [0.05, 0.1) is 15.5 Å². The predicted octanol–water partition coefficient (Wildman–Crippen LogP) is 3.41. The van der Waals surface area contributed by atoms with Crippen molar-refractivity contribution in [2.24, 2.45) is 10.7 Å². The fraction of sp³-hybridized carbons (Fsp3) is 0.0909. The van der Waals surface area contributed by atoms with Crippen molar-refractivity contribution in [1.29, 1.82) is 0 Å². The number of aliphatic imine (C=N–C) groups is 1. The van der Waals surface area contributed by atoms with Gasteiger partial charge in [0.1, 0.15) is 11.4 Å². The van der Waals surface area contributed by atoms with Crippen molar-refractivity contribution in [3.05, 3.63) is 87.8 Å². The van der Waals surface area contributed by atoms with E-state index in [1.807, 2.05) is 55.7 Å². The number of benzene rings is 1. The maximum atomic E-state index is 12.7. The van der Waals surface area contributed by atoms with Gasteiger partial charge < -0.3 is 15.5 Å². The highest BCUT2D eigenvalue weighted by Gasteiger charge is 2.14. The molecule has 0 aliphatic rings. The Labute approximate surface area is 192 Å². The second-order valence-corrected chi connectivity index (χ2v) is 8.12. The van der Waals surface area contributed by atoms with Crippen molar-refractivity contribution < 1.29 is 4.79 Å². The molecule has 3 N–H and O–H groups in total. The lowest BCUT2D eigenvalue weighted by Crippen LogP contribution is -2.26. The summed E-state index contributed by atoms with van der Waals surface area (Å²) < 4.78 is 4.55. The molecule has 0 atom stereocenters. The highest BCUT2D eigenvalue weighted by atomic mass is 127. The molecule has 0 saturated carbocycles. The highest BCUT2D eigenvalue weighted by Crippen LogP contribution is 2.17. The third kappa shape index (κ3) is 4.82. The van der Waals surface area contributed by atoms with Gasteiger partial charge in [-0.3, -0.25) is 9.79 Å². The van der Waals surface area contributed by atoms with Crippen LogP contribution in [0.25, 0.3) is 11.3 Å². The second kappa shape index (κ2) is 9.13. The molecule has 0 spiro atoms. The van der Waals surface area contributed by atoms with Gasteiger partial charge in [-0.25, -0.2) is 9.67 Å². The zero-order chi connectivity index (χ0) is 21.8. The Balaban J connectivity index is 1.48. The molecule has 8 nitrogen and oxygen atoms in total. The number of aromatic nitrogens is 4. The highest BCUT2D eigenvalue weighted by molar-refractivity contribution is 14.1. The number of carbonyl (C=O) groups excluding carboxylic acids is 1. The van der Waals surface area contributed by atoms with E-state index >= 15 is 0 Å². The van der Waals surface area contributed by atoms with E-state index in [0.717, 1.165) is 20.5 Å². The molecule has 4 rings (SSSR count). The smallest absolute Gasteiger partial charge is 0.271 e. The fourth-order valence-electron chi connectivity index (χ4n) is 3.01. The van der Waals surface area contributed by atoms with Crippen molar-refractivity contribution in [2.45, 2.75) is 6.92 Å². The monoisotopic (exact) mass is 525 g/mol. The van der Waals surface area contributed by atoms with Crippen molar-refractivity contribution >= 4 is 46.0 Å². The van der Waals surface area contributed by atoms with Gasteiger partial charge in [-0.05, 0) is 59.3 Å². The molecule has 156 valence electrons. The van der Waals surface area contributed by atoms with Gasteiger partial charge in [-0.2, -0.15) is 5.10 Å². The number of hydrogen-bond acceptors (Lipinski definition) is 5. The number of halogens is 1. The Kier molecular flexibility index (Phi) is 6.12. The molecular formula is C22H20IN7O. The largest absolute Gasteiger partial charge is 0.404 e. The number of amides is 1. The van der Waals surface area contributed by atoms with E-state index in [1.54, 1.807) is 27.7 Å². The molecule has 0 aliphatic heterocycles. The van der Waals surface area contributed by atoms with E-state index in [1.165, 1.54) is 6.20 Å². The van der Waals surface area contributed by atoms with Crippen molar-refractivity contribution in [1.82, 2.24) is 24.5 Å². The van der Waals surface area contributed by atoms with Crippen LogP contribution in [0.15, 0.2) is 78.0 Å². The SMILES string of the molecule is Cc1cccc(N=CC(=CN)CNC(=O)c2cn3cccc(-n4cc(I)cn4)c3n2)c1. The van der Waals surface area contributed by atoms with Crippen LogP contribution in [-0.2, 0) is 0 Å². The van der Waals surface area contributed by atoms with Gasteiger partial charge in [-0.15, -0.1) is 0 Å². The number of rotatable bonds is 6. The summed E-state index contributed by atoms with van der Waals surface area (Å²) in [7, 11) is 0. The van der Waals surface area contributed by atoms with Crippen LogP contribution < -0.4 is 11.1 Å². The summed E-state index contributed by atoms with van der Waals surface area (Å²) in [5.74, 6) is -0.298. The standard InChI is InChI=1S/C22H20IN7O/c1-15-4-2-5-18(8-15)25-10-16(9-24)11-26-22(31)19-14-29-7-3-6-20(21(29)28-19)30-13-17(23)12-27-30/h2-10,12-14H,11,24H2,1H3,(H,26,31). The third-order valence-corrected chi connectivity index (χ3v) is 5.10. The number of nitrogens with zero attached hydrogens (tertiary/aromatic N) is 5. The zero-order valence-corrected chi connectivity index (χ0v) is 18.9. The van der Waals surface area contributed by atoms with Crippen LogP contribution in [0.1, 0.15) is 16.1 Å². The van der Waals surface area contributed by atoms with Gasteiger partial charge in [0, 0.05) is 43.1 Å². The summed E-state index contributed by atoms with van der Waals surface area (Å²) in [6, 6.07) is 11.6. The molecule has 3 heterocycles. The normalized spacial score (nSPS) is 12.0. The number of nitrogens with one attached hydrogen (secondary N) is 1. The van der Waals surface area contributed by atoms with Crippen LogP contribution in [0, 0.1) is 10.5 Å². The van der Waals surface area contributed by atoms with Gasteiger partial charge >= 0.3 is 0 Å². The maximum Gasteiger partial charge on any atom is 0.271 e. The maximum absolute atomic E-state index is 12.7. The number of carbonyl (C=O) groups is 1. The minimum Gasteiger partial charge on any atom is -0.404 e. The summed E-state index contributed by atoms with van der Waals surface area (Å²) in [5.41, 5.74) is 10.1. The number of fused-ring (bicyclic) bond motifs is 1. The molecule has 1 amide bonds. The zero-order valence-electron chi connectivity index (χ0n) is 16.7. The van der Waals surface area contributed by atoms with Gasteiger partial charge in [0.2, 0.25) is 0 Å². The summed E-state index contributed by atoms with van der Waals surface area (Å²) in [4.78, 5) is 21.6. The Hall–Kier alpha value is -3.47. The average Bonchev–Trinajstić information content (AvgIpc) is 3.40. The predicted molar refractivity (Wildman–Crippen MR) is 129 cm³/mol. The molecule has 31 heavy (non-hydrogen) atoms. The van der Waals surface area contributed by atoms with E-state index in [2.05, 4.69) is 43.0 Å². The van der Waals surface area contributed by atoms with Crippen LogP contribution in [0.4, 0.5) is 5.69 Å². The Morgan fingerprint density at radius 2 is 2.16 bits per heavy atom. The van der Waals surface area contributed by atoms with E-state index in [0.29, 0.717) is 16.9 Å². The lowest BCUT2D eigenvalue weighted by Gasteiger charge is -2.03. The van der Waals surface area contributed by atoms with E-state index < -0.39 is 0 Å². The lowest BCUT2D eigenvalue weighted by atomic mass is 10.2. The molecule has 0 radical (unpaired) electrons. The van der Waals surface area contributed by atoms with E-state index in [-0.39, 0.29) is 12.5 Å². The number of imidazole rings is 1. The topological polar surface area (TPSA) is 103 Å². The molecule has 0 bridgehead atoms. The van der Waals surface area contributed by atoms with Gasteiger partial charge in [-0.1, -0.05) is 12.1 Å². The summed E-state index contributed by atoms with van der Waals surface area (Å²) in [5, 5.41) is 7.18. The second-order valence-electron chi connectivity index (χ2n) is 6.88. The molecule has 0 aliphatic carbocycles. The molecule has 0 unspecified atom stereocenters. The summed E-state index contributed by atoms with van der Waals surface area (Å²) in [6.07, 6.45) is 10.3. The third-order valence-electron chi connectivity index (χ3n) is 4.54. The first-order chi connectivity index (χ1) is 15.0. The molecule has 1 aromatic carbocycles. The molecule has 9 heteroatoms. The summed E-state index contributed by atoms with van der Waals surface area (Å²) >= 11 is 2.20. The summed E-state index contributed by atoms with van der Waals surface area (Å²) in [6.45, 7) is 2.25. The first-order valence-corrected chi connectivity index (χ1v) is 10.6. The lowest BCUT2D eigenvalue weighted by molar-refractivity contribution is 0.0953. The quantitative estimate of drug-likeness (QED) is 0.298. The van der Waals surface area contributed by atoms with E-state index in [9.17, 15) is 4.79 Å². The van der Waals surface area contributed by atoms with Crippen molar-refractivity contribution in [2.75, 3.05) is 6.54 Å². The van der Waals surface area contributed by atoms with Crippen molar-refractivity contribution in [3.8, 4) is 5.69 Å². The molecule has 3 aromatic heterocycles. The number of pyridine rings is 1. The van der Waals surface area contributed by atoms with Crippen LogP contribution in [0.3, 0.4) is 0 Å². The molecular weight excluding hydrogens is 505 g/mol. The fourth-order valence-corrected chi connectivity index (χ4v) is 3.39. The van der Waals surface area contributed by atoms with Gasteiger partial charge in [0.25, 0.3) is 5.91 Å². The van der Waals surface area contributed by atoms with Crippen LogP contribution >= 0.6 is 22.6 Å². The van der Waals surface area contributed by atoms with E-state index in [4.69, 9.17) is 5.73 Å². The first-order valence-electron chi connectivity index (χ1n) is 9.51. The van der Waals surface area contributed by atoms with Crippen LogP contribution in [-0.4, -0.2) is 37.8 Å². The number of aryl methyl sites for hydroxylation is 1. The number of nitrogens with two attached hydrogens (primary N) is 1. The molecule has 0 fully saturated rings. The Morgan fingerprint density at radius 1 is 1.29 bits per heavy atom. The number of hydrogen-bond donors (Lipinski definition) is 2. The minimum atomic E-state index is -0.298. The van der Waals surface area contributed by atoms with Crippen LogP contribution in [0.2, 0.25) is 0 Å².